The lowest BCUT2D eigenvalue weighted by atomic mass is 10.0. The van der Waals surface area contributed by atoms with Crippen molar-refractivity contribution in [3.05, 3.63) is 28.8 Å². The summed E-state index contributed by atoms with van der Waals surface area (Å²) in [6.07, 6.45) is 3.45. The lowest BCUT2D eigenvalue weighted by Crippen LogP contribution is -2.16. The van der Waals surface area contributed by atoms with Crippen LogP contribution in [0.25, 0.3) is 0 Å². The Bertz CT molecular complexity index is 376. The zero-order valence-corrected chi connectivity index (χ0v) is 9.70. The number of hydrogen-bond acceptors (Lipinski definition) is 3. The maximum absolute atomic E-state index is 9.15. The predicted molar refractivity (Wildman–Crippen MR) is 63.7 cm³/mol. The molecule has 0 fully saturated rings. The predicted octanol–water partition coefficient (Wildman–Crippen LogP) is 1.57. The Labute approximate surface area is 96.2 Å². The molecule has 0 unspecified atom stereocenters. The molecule has 0 spiro atoms. The molecule has 0 heterocycles. The van der Waals surface area contributed by atoms with Crippen LogP contribution in [0, 0.1) is 0 Å². The molecular formula is C13H19NO2. The molecule has 0 saturated heterocycles. The van der Waals surface area contributed by atoms with Crippen molar-refractivity contribution in [2.24, 2.45) is 5.73 Å². The van der Waals surface area contributed by atoms with E-state index in [0.29, 0.717) is 6.61 Å². The van der Waals surface area contributed by atoms with E-state index in [1.807, 2.05) is 6.92 Å². The number of aliphatic hydroxyl groups is 1. The van der Waals surface area contributed by atoms with Gasteiger partial charge in [-0.2, -0.15) is 0 Å². The van der Waals surface area contributed by atoms with E-state index in [1.54, 1.807) is 0 Å². The van der Waals surface area contributed by atoms with Crippen LogP contribution < -0.4 is 10.5 Å². The number of aryl methyl sites for hydroxylation is 2. The van der Waals surface area contributed by atoms with Gasteiger partial charge in [0.25, 0.3) is 0 Å². The van der Waals surface area contributed by atoms with Gasteiger partial charge in [-0.25, -0.2) is 0 Å². The maximum atomic E-state index is 9.15. The molecule has 0 bridgehead atoms. The largest absolute Gasteiger partial charge is 0.494 e. The highest BCUT2D eigenvalue weighted by molar-refractivity contribution is 5.46. The van der Waals surface area contributed by atoms with Crippen molar-refractivity contribution in [1.82, 2.24) is 0 Å². The van der Waals surface area contributed by atoms with Crippen molar-refractivity contribution < 1.29 is 9.84 Å². The Morgan fingerprint density at radius 3 is 2.69 bits per heavy atom. The van der Waals surface area contributed by atoms with Crippen LogP contribution in [-0.4, -0.2) is 18.3 Å². The molecular weight excluding hydrogens is 202 g/mol. The second kappa shape index (κ2) is 4.85. The van der Waals surface area contributed by atoms with Crippen LogP contribution in [0.2, 0.25) is 0 Å². The summed E-state index contributed by atoms with van der Waals surface area (Å²) >= 11 is 0. The van der Waals surface area contributed by atoms with E-state index in [-0.39, 0.29) is 12.6 Å². The third-order valence-electron chi connectivity index (χ3n) is 3.12. The van der Waals surface area contributed by atoms with Crippen molar-refractivity contribution in [2.75, 3.05) is 13.2 Å². The summed E-state index contributed by atoms with van der Waals surface area (Å²) in [5, 5.41) is 9.15. The van der Waals surface area contributed by atoms with E-state index in [2.05, 4.69) is 12.1 Å². The quantitative estimate of drug-likeness (QED) is 0.811. The van der Waals surface area contributed by atoms with Crippen LogP contribution in [0.5, 0.6) is 5.75 Å². The van der Waals surface area contributed by atoms with Gasteiger partial charge in [0, 0.05) is 5.56 Å². The molecule has 1 aliphatic rings. The average molecular weight is 221 g/mol. The highest BCUT2D eigenvalue weighted by Crippen LogP contribution is 2.32. The SMILES string of the molecule is CCOc1cc2c(cc1[C@@H](N)CO)CCC2. The van der Waals surface area contributed by atoms with Crippen LogP contribution >= 0.6 is 0 Å². The topological polar surface area (TPSA) is 55.5 Å². The van der Waals surface area contributed by atoms with Crippen LogP contribution in [0.3, 0.4) is 0 Å². The maximum Gasteiger partial charge on any atom is 0.124 e. The summed E-state index contributed by atoms with van der Waals surface area (Å²) in [6.45, 7) is 2.55. The van der Waals surface area contributed by atoms with Gasteiger partial charge in [-0.3, -0.25) is 0 Å². The molecule has 3 nitrogen and oxygen atoms in total. The van der Waals surface area contributed by atoms with Gasteiger partial charge in [0.2, 0.25) is 0 Å². The van der Waals surface area contributed by atoms with E-state index in [1.165, 1.54) is 17.5 Å². The molecule has 0 saturated carbocycles. The Morgan fingerprint density at radius 1 is 1.38 bits per heavy atom. The molecule has 0 radical (unpaired) electrons. The number of aliphatic hydroxyl groups excluding tert-OH is 1. The van der Waals surface area contributed by atoms with Gasteiger partial charge < -0.3 is 15.6 Å². The standard InChI is InChI=1S/C13H19NO2/c1-2-16-13-7-10-5-3-4-9(10)6-11(13)12(14)8-15/h6-7,12,15H,2-5,8,14H2,1H3/t12-/m0/s1. The van der Waals surface area contributed by atoms with Gasteiger partial charge in [-0.15, -0.1) is 0 Å². The van der Waals surface area contributed by atoms with Crippen molar-refractivity contribution in [2.45, 2.75) is 32.2 Å². The van der Waals surface area contributed by atoms with Gasteiger partial charge in [0.05, 0.1) is 19.3 Å². The molecule has 1 aliphatic carbocycles. The second-order valence-electron chi connectivity index (χ2n) is 4.23. The minimum Gasteiger partial charge on any atom is -0.494 e. The summed E-state index contributed by atoms with van der Waals surface area (Å²) in [4.78, 5) is 0. The number of hydrogen-bond donors (Lipinski definition) is 2. The molecule has 1 aromatic carbocycles. The van der Waals surface area contributed by atoms with Crippen LogP contribution in [0.15, 0.2) is 12.1 Å². The highest BCUT2D eigenvalue weighted by Gasteiger charge is 2.18. The average Bonchev–Trinajstić information content (AvgIpc) is 2.74. The van der Waals surface area contributed by atoms with Crippen molar-refractivity contribution >= 4 is 0 Å². The van der Waals surface area contributed by atoms with Gasteiger partial charge in [-0.05, 0) is 43.4 Å². The normalized spacial score (nSPS) is 15.9. The molecule has 3 heteroatoms. The number of benzene rings is 1. The number of nitrogens with two attached hydrogens (primary N) is 1. The summed E-state index contributed by atoms with van der Waals surface area (Å²) in [5.41, 5.74) is 9.56. The number of rotatable bonds is 4. The fraction of sp³-hybridized carbons (Fsp3) is 0.538. The van der Waals surface area contributed by atoms with Gasteiger partial charge in [0.1, 0.15) is 5.75 Å². The van der Waals surface area contributed by atoms with E-state index in [9.17, 15) is 0 Å². The Hall–Kier alpha value is -1.06. The van der Waals surface area contributed by atoms with Gasteiger partial charge >= 0.3 is 0 Å². The lowest BCUT2D eigenvalue weighted by molar-refractivity contribution is 0.261. The summed E-state index contributed by atoms with van der Waals surface area (Å²) in [5.74, 6) is 0.838. The smallest absolute Gasteiger partial charge is 0.124 e. The molecule has 0 aliphatic heterocycles. The number of fused-ring (bicyclic) bond motifs is 1. The van der Waals surface area contributed by atoms with Crippen LogP contribution in [0.1, 0.15) is 36.1 Å². The Kier molecular flexibility index (Phi) is 3.46. The monoisotopic (exact) mass is 221 g/mol. The molecule has 88 valence electrons. The van der Waals surface area contributed by atoms with E-state index >= 15 is 0 Å². The molecule has 1 atom stereocenters. The summed E-state index contributed by atoms with van der Waals surface area (Å²) < 4.78 is 5.59. The zero-order valence-electron chi connectivity index (χ0n) is 9.70. The minimum atomic E-state index is -0.340. The fourth-order valence-corrected chi connectivity index (χ4v) is 2.29. The molecule has 1 aromatic rings. The second-order valence-corrected chi connectivity index (χ2v) is 4.23. The van der Waals surface area contributed by atoms with Gasteiger partial charge in [0.15, 0.2) is 0 Å². The molecule has 16 heavy (non-hydrogen) atoms. The van der Waals surface area contributed by atoms with Crippen molar-refractivity contribution in [1.29, 1.82) is 0 Å². The first kappa shape index (κ1) is 11.4. The minimum absolute atomic E-state index is 0.0428. The van der Waals surface area contributed by atoms with Crippen molar-refractivity contribution in [3.8, 4) is 5.75 Å². The van der Waals surface area contributed by atoms with E-state index < -0.39 is 0 Å². The first-order valence-electron chi connectivity index (χ1n) is 5.91. The number of ether oxygens (including phenoxy) is 1. The van der Waals surface area contributed by atoms with Gasteiger partial charge in [-0.1, -0.05) is 6.07 Å². The molecule has 2 rings (SSSR count). The summed E-state index contributed by atoms with van der Waals surface area (Å²) in [7, 11) is 0. The third-order valence-corrected chi connectivity index (χ3v) is 3.12. The first-order chi connectivity index (χ1) is 7.76. The van der Waals surface area contributed by atoms with Crippen LogP contribution in [0.4, 0.5) is 0 Å². The fourth-order valence-electron chi connectivity index (χ4n) is 2.29. The highest BCUT2D eigenvalue weighted by atomic mass is 16.5. The molecule has 0 amide bonds. The van der Waals surface area contributed by atoms with E-state index in [4.69, 9.17) is 15.6 Å². The zero-order chi connectivity index (χ0) is 11.5. The Morgan fingerprint density at radius 2 is 2.06 bits per heavy atom. The van der Waals surface area contributed by atoms with Crippen LogP contribution in [-0.2, 0) is 12.8 Å². The molecule has 0 aromatic heterocycles. The van der Waals surface area contributed by atoms with Crippen molar-refractivity contribution in [3.63, 3.8) is 0 Å². The first-order valence-corrected chi connectivity index (χ1v) is 5.91. The molecule has 3 N–H and O–H groups in total. The lowest BCUT2D eigenvalue weighted by Gasteiger charge is -2.16. The Balaban J connectivity index is 2.40. The van der Waals surface area contributed by atoms with E-state index in [0.717, 1.165) is 24.2 Å². The summed E-state index contributed by atoms with van der Waals surface area (Å²) in [6, 6.07) is 3.86. The third kappa shape index (κ3) is 2.06.